The second-order valence-electron chi connectivity index (χ2n) is 12.9. The number of benzene rings is 2. The zero-order valence-electron chi connectivity index (χ0n) is 24.3. The van der Waals surface area contributed by atoms with E-state index in [9.17, 15) is 23.1 Å². The van der Waals surface area contributed by atoms with Crippen molar-refractivity contribution in [1.82, 2.24) is 4.90 Å². The Bertz CT molecular complexity index is 1140. The topological polar surface area (TPSA) is 52.9 Å². The van der Waals surface area contributed by atoms with Gasteiger partial charge in [0.05, 0.1) is 6.54 Å². The van der Waals surface area contributed by atoms with Gasteiger partial charge in [-0.3, -0.25) is 9.79 Å². The van der Waals surface area contributed by atoms with Crippen molar-refractivity contribution in [3.8, 4) is 5.75 Å². The number of carbonyl (C=O) groups excluding carboxylic acids is 1. The molecule has 3 rings (SSSR count). The molecular weight excluding hydrogens is 501 g/mol. The third kappa shape index (κ3) is 7.86. The maximum atomic E-state index is 13.7. The molecule has 2 atom stereocenters. The third-order valence-corrected chi connectivity index (χ3v) is 7.44. The molecule has 1 fully saturated rings. The lowest BCUT2D eigenvalue weighted by Crippen LogP contribution is -2.34. The van der Waals surface area contributed by atoms with E-state index in [4.69, 9.17) is 0 Å². The number of halogens is 3. The predicted molar refractivity (Wildman–Crippen MR) is 152 cm³/mol. The summed E-state index contributed by atoms with van der Waals surface area (Å²) < 4.78 is 39.9. The lowest BCUT2D eigenvalue weighted by Gasteiger charge is -2.28. The van der Waals surface area contributed by atoms with Gasteiger partial charge in [0.2, 0.25) is 0 Å². The molecule has 0 amide bonds. The molecule has 0 spiro atoms. The van der Waals surface area contributed by atoms with E-state index in [1.54, 1.807) is 17.0 Å². The molecule has 0 radical (unpaired) electrons. The third-order valence-electron chi connectivity index (χ3n) is 7.44. The summed E-state index contributed by atoms with van der Waals surface area (Å²) in [5, 5.41) is 11.1. The van der Waals surface area contributed by atoms with Crippen LogP contribution in [-0.2, 0) is 17.3 Å². The average molecular weight is 545 g/mol. The molecule has 1 N–H and O–H groups in total. The number of phenols is 1. The molecule has 0 bridgehead atoms. The van der Waals surface area contributed by atoms with Crippen LogP contribution in [0.15, 0.2) is 47.5 Å². The Morgan fingerprint density at radius 1 is 1.00 bits per heavy atom. The number of aromatic hydroxyl groups is 1. The molecule has 2 unspecified atom stereocenters. The minimum Gasteiger partial charge on any atom is -0.507 e. The van der Waals surface area contributed by atoms with Crippen LogP contribution in [0.5, 0.6) is 5.75 Å². The highest BCUT2D eigenvalue weighted by molar-refractivity contribution is 6.01. The molecule has 214 valence electrons. The van der Waals surface area contributed by atoms with Gasteiger partial charge in [0.15, 0.2) is 5.78 Å². The van der Waals surface area contributed by atoms with Crippen LogP contribution in [0, 0.1) is 11.8 Å². The van der Waals surface area contributed by atoms with Crippen molar-refractivity contribution in [3.63, 3.8) is 0 Å². The molecule has 1 aliphatic rings. The fourth-order valence-corrected chi connectivity index (χ4v) is 5.48. The quantitative estimate of drug-likeness (QED) is 0.346. The molecule has 2 aromatic carbocycles. The van der Waals surface area contributed by atoms with Crippen molar-refractivity contribution in [2.45, 2.75) is 84.7 Å². The minimum atomic E-state index is -4.43. The number of rotatable bonds is 8. The molecule has 0 aromatic heterocycles. The number of nitrogens with zero attached hydrogens (tertiary/aromatic N) is 2. The van der Waals surface area contributed by atoms with Crippen molar-refractivity contribution in [1.29, 1.82) is 0 Å². The summed E-state index contributed by atoms with van der Waals surface area (Å²) in [6, 6.07) is 13.2. The summed E-state index contributed by atoms with van der Waals surface area (Å²) in [5.74, 6) is 0.268. The second-order valence-corrected chi connectivity index (χ2v) is 12.9. The van der Waals surface area contributed by atoms with Crippen LogP contribution < -0.4 is 0 Å². The SMILES string of the molecule is CCCC1CN(CC(=O)c2cc(C(C)(C)C)c(O)c(C(C)(C)C)c2)C(=NCC(F)(F)F)C1Cc1ccccc1. The standard InChI is InChI=1S/C32H43F3N2O2/c1-8-12-22-18-37(29(36-20-32(33,34)35)24(22)15-21-13-10-9-11-14-21)19-27(38)23-16-25(30(2,3)4)28(39)26(17-23)31(5,6)7/h9-11,13-14,16-17,22,24,39H,8,12,15,18-20H2,1-7H3. The Balaban J connectivity index is 2.01. The van der Waals surface area contributed by atoms with Crippen molar-refractivity contribution in [2.75, 3.05) is 19.6 Å². The van der Waals surface area contributed by atoms with Crippen LogP contribution in [0.4, 0.5) is 13.2 Å². The molecule has 1 aliphatic heterocycles. The molecular formula is C32H43F3N2O2. The first kappa shape index (κ1) is 30.7. The monoisotopic (exact) mass is 544 g/mol. The van der Waals surface area contributed by atoms with E-state index in [1.165, 1.54) is 0 Å². The molecule has 1 heterocycles. The highest BCUT2D eigenvalue weighted by atomic mass is 19.4. The summed E-state index contributed by atoms with van der Waals surface area (Å²) in [6.07, 6.45) is -2.11. The van der Waals surface area contributed by atoms with Gasteiger partial charge in [0.25, 0.3) is 0 Å². The summed E-state index contributed by atoms with van der Waals surface area (Å²) in [4.78, 5) is 19.6. The number of aliphatic imine (C=N–C) groups is 1. The molecule has 39 heavy (non-hydrogen) atoms. The zero-order valence-corrected chi connectivity index (χ0v) is 24.3. The number of ketones is 1. The number of phenolic OH excluding ortho intramolecular Hbond substituents is 1. The Morgan fingerprint density at radius 2 is 1.56 bits per heavy atom. The Kier molecular flexibility index (Phi) is 9.24. The van der Waals surface area contributed by atoms with Gasteiger partial charge in [0, 0.05) is 29.2 Å². The molecule has 1 saturated heterocycles. The van der Waals surface area contributed by atoms with Crippen LogP contribution in [0.2, 0.25) is 0 Å². The number of amidine groups is 1. The lowest BCUT2D eigenvalue weighted by atomic mass is 9.78. The van der Waals surface area contributed by atoms with Crippen LogP contribution in [0.1, 0.15) is 88.4 Å². The van der Waals surface area contributed by atoms with E-state index >= 15 is 0 Å². The lowest BCUT2D eigenvalue weighted by molar-refractivity contribution is -0.118. The van der Waals surface area contributed by atoms with E-state index in [1.807, 2.05) is 71.9 Å². The van der Waals surface area contributed by atoms with E-state index in [-0.39, 0.29) is 29.9 Å². The van der Waals surface area contributed by atoms with Gasteiger partial charge in [-0.1, -0.05) is 85.2 Å². The first-order valence-corrected chi connectivity index (χ1v) is 13.8. The van der Waals surface area contributed by atoms with Crippen LogP contribution in [0.25, 0.3) is 0 Å². The maximum absolute atomic E-state index is 13.7. The summed E-state index contributed by atoms with van der Waals surface area (Å²) in [7, 11) is 0. The first-order chi connectivity index (χ1) is 18.0. The summed E-state index contributed by atoms with van der Waals surface area (Å²) in [6.45, 7) is 13.1. The predicted octanol–water partition coefficient (Wildman–Crippen LogP) is 7.72. The fraction of sp³-hybridized carbons (Fsp3) is 0.562. The average Bonchev–Trinajstić information content (AvgIpc) is 3.12. The van der Waals surface area contributed by atoms with Crippen molar-refractivity contribution >= 4 is 11.6 Å². The highest BCUT2D eigenvalue weighted by Crippen LogP contribution is 2.40. The molecule has 0 saturated carbocycles. The molecule has 0 aliphatic carbocycles. The Morgan fingerprint density at radius 3 is 2.05 bits per heavy atom. The summed E-state index contributed by atoms with van der Waals surface area (Å²) >= 11 is 0. The number of likely N-dealkylation sites (tertiary alicyclic amines) is 1. The maximum Gasteiger partial charge on any atom is 0.408 e. The van der Waals surface area contributed by atoms with Gasteiger partial charge >= 0.3 is 6.18 Å². The van der Waals surface area contributed by atoms with E-state index < -0.39 is 23.6 Å². The molecule has 4 nitrogen and oxygen atoms in total. The number of hydrogen-bond donors (Lipinski definition) is 1. The van der Waals surface area contributed by atoms with Gasteiger partial charge < -0.3 is 10.0 Å². The largest absolute Gasteiger partial charge is 0.507 e. The smallest absolute Gasteiger partial charge is 0.408 e. The van der Waals surface area contributed by atoms with Crippen molar-refractivity contribution in [3.05, 3.63) is 64.7 Å². The van der Waals surface area contributed by atoms with Crippen LogP contribution in [-0.4, -0.2) is 47.4 Å². The highest BCUT2D eigenvalue weighted by Gasteiger charge is 2.40. The number of carbonyl (C=O) groups is 1. The van der Waals surface area contributed by atoms with Crippen LogP contribution >= 0.6 is 0 Å². The Hall–Kier alpha value is -2.83. The number of alkyl halides is 3. The normalized spacial score (nSPS) is 19.6. The van der Waals surface area contributed by atoms with Crippen molar-refractivity contribution < 1.29 is 23.1 Å². The zero-order chi connectivity index (χ0) is 29.2. The van der Waals surface area contributed by atoms with E-state index in [0.29, 0.717) is 35.5 Å². The fourth-order valence-electron chi connectivity index (χ4n) is 5.48. The number of Topliss-reactive ketones (excluding diaryl/α,β-unsaturated/α-hetero) is 1. The van der Waals surface area contributed by atoms with Crippen molar-refractivity contribution in [2.24, 2.45) is 16.8 Å². The molecule has 7 heteroatoms. The van der Waals surface area contributed by atoms with Gasteiger partial charge in [-0.15, -0.1) is 0 Å². The van der Waals surface area contributed by atoms with Crippen LogP contribution in [0.3, 0.4) is 0 Å². The van der Waals surface area contributed by atoms with Gasteiger partial charge in [-0.05, 0) is 47.3 Å². The molecule has 2 aromatic rings. The number of hydrogen-bond acceptors (Lipinski definition) is 3. The van der Waals surface area contributed by atoms with E-state index in [2.05, 4.69) is 11.9 Å². The Labute approximate surface area is 231 Å². The minimum absolute atomic E-state index is 0.0554. The van der Waals surface area contributed by atoms with Gasteiger partial charge in [0.1, 0.15) is 18.1 Å². The first-order valence-electron chi connectivity index (χ1n) is 13.8. The second kappa shape index (κ2) is 11.7. The van der Waals surface area contributed by atoms with Gasteiger partial charge in [-0.2, -0.15) is 13.2 Å². The van der Waals surface area contributed by atoms with Gasteiger partial charge in [-0.25, -0.2) is 0 Å². The summed E-state index contributed by atoms with van der Waals surface area (Å²) in [5.41, 5.74) is 2.05. The van der Waals surface area contributed by atoms with E-state index in [0.717, 1.165) is 18.4 Å².